The predicted molar refractivity (Wildman–Crippen MR) is 122 cm³/mol. The number of aryl methyl sites for hydroxylation is 1. The van der Waals surface area contributed by atoms with Crippen molar-refractivity contribution in [3.63, 3.8) is 0 Å². The number of amides is 2. The first kappa shape index (κ1) is 22.1. The van der Waals surface area contributed by atoms with Crippen LogP contribution >= 0.6 is 0 Å². The number of hydrogen-bond acceptors (Lipinski definition) is 5. The molecule has 0 aliphatic rings. The van der Waals surface area contributed by atoms with Gasteiger partial charge in [0.15, 0.2) is 0 Å². The third-order valence-electron chi connectivity index (χ3n) is 4.40. The van der Waals surface area contributed by atoms with Crippen molar-refractivity contribution in [2.24, 2.45) is 5.10 Å². The maximum absolute atomic E-state index is 12.7. The summed E-state index contributed by atoms with van der Waals surface area (Å²) in [5, 5.41) is 17.4. The molecule has 0 aliphatic heterocycles. The number of hydrogen-bond donors (Lipinski definition) is 2. The number of non-ortho nitro benzene ring substituents is 1. The molecule has 0 spiro atoms. The highest BCUT2D eigenvalue weighted by molar-refractivity contribution is 6.05. The zero-order chi connectivity index (χ0) is 22.9. The first-order valence-electron chi connectivity index (χ1n) is 9.65. The topological polar surface area (TPSA) is 114 Å². The van der Waals surface area contributed by atoms with E-state index in [0.29, 0.717) is 11.1 Å². The second-order valence-electron chi connectivity index (χ2n) is 6.84. The van der Waals surface area contributed by atoms with E-state index in [4.69, 9.17) is 0 Å². The van der Waals surface area contributed by atoms with E-state index in [9.17, 15) is 19.7 Å². The third kappa shape index (κ3) is 6.20. The molecule has 8 heteroatoms. The smallest absolute Gasteiger partial charge is 0.287 e. The van der Waals surface area contributed by atoms with Crippen LogP contribution in [0.1, 0.15) is 27.0 Å². The van der Waals surface area contributed by atoms with E-state index in [2.05, 4.69) is 15.8 Å². The normalized spacial score (nSPS) is 11.2. The van der Waals surface area contributed by atoms with Crippen LogP contribution in [0.3, 0.4) is 0 Å². The lowest BCUT2D eigenvalue weighted by molar-refractivity contribution is -0.384. The first-order chi connectivity index (χ1) is 15.4. The summed E-state index contributed by atoms with van der Waals surface area (Å²) in [6.07, 6.45) is 2.90. The molecule has 2 amide bonds. The Morgan fingerprint density at radius 2 is 1.53 bits per heavy atom. The summed E-state index contributed by atoms with van der Waals surface area (Å²) in [5.41, 5.74) is 5.02. The molecule has 0 unspecified atom stereocenters. The molecular weight excluding hydrogens is 408 g/mol. The average Bonchev–Trinajstić information content (AvgIpc) is 2.80. The van der Waals surface area contributed by atoms with Crippen LogP contribution in [0.5, 0.6) is 0 Å². The molecule has 0 saturated heterocycles. The summed E-state index contributed by atoms with van der Waals surface area (Å²) in [6, 6.07) is 21.6. The van der Waals surface area contributed by atoms with Gasteiger partial charge in [-0.05, 0) is 48.4 Å². The monoisotopic (exact) mass is 428 g/mol. The Balaban J connectivity index is 1.81. The minimum atomic E-state index is -0.643. The summed E-state index contributed by atoms with van der Waals surface area (Å²) in [7, 11) is 0. The molecule has 0 aliphatic carbocycles. The standard InChI is InChI=1S/C24H20N4O4/c1-17-7-9-19(10-8-17)16-25-27-24(30)22(26-23(29)20-5-3-2-4-6-20)15-18-11-13-21(14-12-18)28(31)32/h2-16H,1H3,(H,26,29)(H,27,30)/b22-15-,25-16+. The van der Waals surface area contributed by atoms with E-state index in [1.807, 2.05) is 31.2 Å². The molecule has 3 aromatic rings. The highest BCUT2D eigenvalue weighted by atomic mass is 16.6. The van der Waals surface area contributed by atoms with Gasteiger partial charge in [0, 0.05) is 17.7 Å². The maximum Gasteiger partial charge on any atom is 0.287 e. The number of benzene rings is 3. The first-order valence-corrected chi connectivity index (χ1v) is 9.65. The summed E-state index contributed by atoms with van der Waals surface area (Å²) in [4.78, 5) is 35.6. The van der Waals surface area contributed by atoms with E-state index in [1.54, 1.807) is 30.3 Å². The van der Waals surface area contributed by atoms with E-state index >= 15 is 0 Å². The molecule has 0 radical (unpaired) electrons. The Hall–Kier alpha value is -4.59. The molecule has 0 fully saturated rings. The zero-order valence-electron chi connectivity index (χ0n) is 17.2. The van der Waals surface area contributed by atoms with Gasteiger partial charge in [0.25, 0.3) is 17.5 Å². The van der Waals surface area contributed by atoms with Gasteiger partial charge < -0.3 is 5.32 Å². The quantitative estimate of drug-likeness (QED) is 0.258. The van der Waals surface area contributed by atoms with Gasteiger partial charge in [-0.2, -0.15) is 5.10 Å². The lowest BCUT2D eigenvalue weighted by Crippen LogP contribution is -2.32. The fourth-order valence-electron chi connectivity index (χ4n) is 2.68. The molecule has 0 aromatic heterocycles. The Morgan fingerprint density at radius 1 is 0.906 bits per heavy atom. The van der Waals surface area contributed by atoms with Crippen molar-refractivity contribution in [2.45, 2.75) is 6.92 Å². The molecule has 0 heterocycles. The summed E-state index contributed by atoms with van der Waals surface area (Å²) >= 11 is 0. The Bertz CT molecular complexity index is 1170. The Kier molecular flexibility index (Phi) is 7.21. The number of nitrogens with zero attached hydrogens (tertiary/aromatic N) is 2. The van der Waals surface area contributed by atoms with Crippen molar-refractivity contribution in [2.75, 3.05) is 0 Å². The molecule has 0 bridgehead atoms. The van der Waals surface area contributed by atoms with Crippen molar-refractivity contribution < 1.29 is 14.5 Å². The van der Waals surface area contributed by atoms with Crippen LogP contribution in [-0.2, 0) is 4.79 Å². The predicted octanol–water partition coefficient (Wildman–Crippen LogP) is 3.82. The van der Waals surface area contributed by atoms with Gasteiger partial charge in [0.2, 0.25) is 0 Å². The number of nitro benzene ring substituents is 1. The molecule has 32 heavy (non-hydrogen) atoms. The fraction of sp³-hybridized carbons (Fsp3) is 0.0417. The van der Waals surface area contributed by atoms with Gasteiger partial charge in [0.1, 0.15) is 5.70 Å². The van der Waals surface area contributed by atoms with Gasteiger partial charge in [-0.1, -0.05) is 48.0 Å². The van der Waals surface area contributed by atoms with Gasteiger partial charge >= 0.3 is 0 Å². The fourth-order valence-corrected chi connectivity index (χ4v) is 2.68. The van der Waals surface area contributed by atoms with E-state index < -0.39 is 16.7 Å². The highest BCUT2D eigenvalue weighted by Crippen LogP contribution is 2.14. The molecule has 0 atom stereocenters. The second-order valence-corrected chi connectivity index (χ2v) is 6.84. The molecule has 8 nitrogen and oxygen atoms in total. The highest BCUT2D eigenvalue weighted by Gasteiger charge is 2.14. The van der Waals surface area contributed by atoms with Crippen LogP contribution in [0.25, 0.3) is 6.08 Å². The SMILES string of the molecule is Cc1ccc(/C=N/NC(=O)/C(=C/c2ccc([N+](=O)[O-])cc2)NC(=O)c2ccccc2)cc1. The van der Waals surface area contributed by atoms with Crippen LogP contribution in [0, 0.1) is 17.0 Å². The van der Waals surface area contributed by atoms with Crippen LogP contribution in [0.4, 0.5) is 5.69 Å². The molecule has 3 aromatic carbocycles. The lowest BCUT2D eigenvalue weighted by atomic mass is 10.1. The molecular formula is C24H20N4O4. The van der Waals surface area contributed by atoms with Gasteiger partial charge in [-0.3, -0.25) is 19.7 Å². The van der Waals surface area contributed by atoms with Gasteiger partial charge in [0.05, 0.1) is 11.1 Å². The van der Waals surface area contributed by atoms with E-state index in [0.717, 1.165) is 11.1 Å². The van der Waals surface area contributed by atoms with Gasteiger partial charge in [-0.25, -0.2) is 5.43 Å². The molecule has 160 valence electrons. The minimum Gasteiger partial charge on any atom is -0.317 e. The molecule has 3 rings (SSSR count). The van der Waals surface area contributed by atoms with E-state index in [-0.39, 0.29) is 11.4 Å². The number of carbonyl (C=O) groups excluding carboxylic acids is 2. The van der Waals surface area contributed by atoms with Gasteiger partial charge in [-0.15, -0.1) is 0 Å². The minimum absolute atomic E-state index is 0.0613. The Labute approximate surface area is 184 Å². The maximum atomic E-state index is 12.7. The van der Waals surface area contributed by atoms with Crippen molar-refractivity contribution in [3.05, 3.63) is 117 Å². The third-order valence-corrected chi connectivity index (χ3v) is 4.40. The van der Waals surface area contributed by atoms with E-state index in [1.165, 1.54) is 36.6 Å². The number of carbonyl (C=O) groups is 2. The van der Waals surface area contributed by atoms with Crippen LogP contribution in [0.2, 0.25) is 0 Å². The number of nitro groups is 1. The van der Waals surface area contributed by atoms with Crippen molar-refractivity contribution >= 4 is 29.8 Å². The number of nitrogens with one attached hydrogen (secondary N) is 2. The van der Waals surface area contributed by atoms with Crippen LogP contribution in [0.15, 0.2) is 89.7 Å². The summed E-state index contributed by atoms with van der Waals surface area (Å²) < 4.78 is 0. The molecule has 0 saturated carbocycles. The van der Waals surface area contributed by atoms with Crippen molar-refractivity contribution in [3.8, 4) is 0 Å². The second kappa shape index (κ2) is 10.4. The average molecular weight is 428 g/mol. The summed E-state index contributed by atoms with van der Waals surface area (Å²) in [5.74, 6) is -1.12. The van der Waals surface area contributed by atoms with Crippen LogP contribution < -0.4 is 10.7 Å². The number of hydrazone groups is 1. The largest absolute Gasteiger partial charge is 0.317 e. The van der Waals surface area contributed by atoms with Crippen LogP contribution in [-0.4, -0.2) is 23.0 Å². The van der Waals surface area contributed by atoms with Crippen molar-refractivity contribution in [1.82, 2.24) is 10.7 Å². The van der Waals surface area contributed by atoms with Crippen molar-refractivity contribution in [1.29, 1.82) is 0 Å². The lowest BCUT2D eigenvalue weighted by Gasteiger charge is -2.09. The zero-order valence-corrected chi connectivity index (χ0v) is 17.2. The number of rotatable bonds is 7. The Morgan fingerprint density at radius 3 is 2.16 bits per heavy atom. The molecule has 2 N–H and O–H groups in total. The summed E-state index contributed by atoms with van der Waals surface area (Å²) in [6.45, 7) is 1.97.